The van der Waals surface area contributed by atoms with Crippen LogP contribution in [0.5, 0.6) is 0 Å². The lowest BCUT2D eigenvalue weighted by atomic mass is 10.1. The van der Waals surface area contributed by atoms with Crippen LogP contribution in [-0.4, -0.2) is 11.6 Å². The molecule has 9 heavy (non-hydrogen) atoms. The molecule has 1 unspecified atom stereocenters. The van der Waals surface area contributed by atoms with Gasteiger partial charge in [-0.25, -0.2) is 0 Å². The highest BCUT2D eigenvalue weighted by Crippen LogP contribution is 2.02. The number of hydrogen-bond donors (Lipinski definition) is 1. The minimum absolute atomic E-state index is 0. The highest BCUT2D eigenvalue weighted by molar-refractivity contribution is 6.28. The molecule has 0 aromatic heterocycles. The molecule has 0 aromatic carbocycles. The summed E-state index contributed by atoms with van der Waals surface area (Å²) in [5, 5.41) is 7.21. The molecule has 0 aliphatic carbocycles. The SMILES string of the molecule is CCC(C)C(=N)CCl.Cl. The topological polar surface area (TPSA) is 23.9 Å². The minimum atomic E-state index is 0. The van der Waals surface area contributed by atoms with Crippen LogP contribution in [0.2, 0.25) is 0 Å². The van der Waals surface area contributed by atoms with Gasteiger partial charge in [0, 0.05) is 5.71 Å². The number of hydrogen-bond acceptors (Lipinski definition) is 1. The Kier molecular flexibility index (Phi) is 8.48. The van der Waals surface area contributed by atoms with E-state index in [2.05, 4.69) is 6.92 Å². The molecular weight excluding hydrogens is 157 g/mol. The number of halogens is 2. The molecule has 1 N–H and O–H groups in total. The Balaban J connectivity index is 0. The summed E-state index contributed by atoms with van der Waals surface area (Å²) < 4.78 is 0. The quantitative estimate of drug-likeness (QED) is 0.497. The van der Waals surface area contributed by atoms with Gasteiger partial charge in [-0.1, -0.05) is 13.8 Å². The predicted molar refractivity (Wildman–Crippen MR) is 45.1 cm³/mol. The lowest BCUT2D eigenvalue weighted by Gasteiger charge is -2.04. The van der Waals surface area contributed by atoms with Crippen LogP contribution in [0.25, 0.3) is 0 Å². The molecule has 0 bridgehead atoms. The summed E-state index contributed by atoms with van der Waals surface area (Å²) in [4.78, 5) is 0. The van der Waals surface area contributed by atoms with Gasteiger partial charge in [-0.2, -0.15) is 0 Å². The second-order valence-corrected chi connectivity index (χ2v) is 2.24. The second-order valence-electron chi connectivity index (χ2n) is 1.97. The third kappa shape index (κ3) is 4.73. The minimum Gasteiger partial charge on any atom is -0.308 e. The van der Waals surface area contributed by atoms with E-state index in [-0.39, 0.29) is 12.4 Å². The van der Waals surface area contributed by atoms with Crippen molar-refractivity contribution in [2.45, 2.75) is 20.3 Å². The number of alkyl halides is 1. The van der Waals surface area contributed by atoms with Crippen LogP contribution in [-0.2, 0) is 0 Å². The number of nitrogens with one attached hydrogen (secondary N) is 1. The fourth-order valence-electron chi connectivity index (χ4n) is 0.378. The van der Waals surface area contributed by atoms with Crippen LogP contribution in [0.3, 0.4) is 0 Å². The monoisotopic (exact) mass is 169 g/mol. The van der Waals surface area contributed by atoms with Crippen LogP contribution in [0.15, 0.2) is 0 Å². The summed E-state index contributed by atoms with van der Waals surface area (Å²) >= 11 is 5.40. The van der Waals surface area contributed by atoms with E-state index in [0.29, 0.717) is 17.5 Å². The Morgan fingerprint density at radius 3 is 2.22 bits per heavy atom. The van der Waals surface area contributed by atoms with Gasteiger partial charge >= 0.3 is 0 Å². The summed E-state index contributed by atoms with van der Waals surface area (Å²) in [6, 6.07) is 0. The van der Waals surface area contributed by atoms with Gasteiger partial charge in [0.25, 0.3) is 0 Å². The Morgan fingerprint density at radius 2 is 2.11 bits per heavy atom. The Labute approximate surface area is 67.7 Å². The van der Waals surface area contributed by atoms with Gasteiger partial charge in [-0.15, -0.1) is 24.0 Å². The third-order valence-electron chi connectivity index (χ3n) is 1.35. The molecule has 1 nitrogen and oxygen atoms in total. The average Bonchev–Trinajstić information content (AvgIpc) is 1.84. The van der Waals surface area contributed by atoms with Crippen LogP contribution < -0.4 is 0 Å². The lowest BCUT2D eigenvalue weighted by molar-refractivity contribution is 0.732. The van der Waals surface area contributed by atoms with E-state index in [1.165, 1.54) is 0 Å². The zero-order valence-electron chi connectivity index (χ0n) is 5.78. The highest BCUT2D eigenvalue weighted by Gasteiger charge is 2.02. The summed E-state index contributed by atoms with van der Waals surface area (Å²) in [6.45, 7) is 4.08. The van der Waals surface area contributed by atoms with Crippen molar-refractivity contribution in [3.8, 4) is 0 Å². The van der Waals surface area contributed by atoms with Crippen molar-refractivity contribution in [2.24, 2.45) is 5.92 Å². The van der Waals surface area contributed by atoms with Crippen molar-refractivity contribution < 1.29 is 0 Å². The first-order chi connectivity index (χ1) is 3.72. The molecule has 0 spiro atoms. The lowest BCUT2D eigenvalue weighted by Crippen LogP contribution is -2.09. The normalized spacial score (nSPS) is 11.9. The molecule has 0 saturated heterocycles. The Bertz CT molecular complexity index is 83.1. The average molecular weight is 170 g/mol. The molecule has 0 aliphatic rings. The maximum Gasteiger partial charge on any atom is 0.0603 e. The molecule has 0 saturated carbocycles. The van der Waals surface area contributed by atoms with E-state index in [4.69, 9.17) is 17.0 Å². The molecule has 1 atom stereocenters. The largest absolute Gasteiger partial charge is 0.308 e. The van der Waals surface area contributed by atoms with E-state index in [9.17, 15) is 0 Å². The van der Waals surface area contributed by atoms with E-state index < -0.39 is 0 Å². The van der Waals surface area contributed by atoms with Gasteiger partial charge in [0.05, 0.1) is 5.88 Å². The van der Waals surface area contributed by atoms with Gasteiger partial charge in [0.2, 0.25) is 0 Å². The van der Waals surface area contributed by atoms with E-state index in [1.54, 1.807) is 0 Å². The summed E-state index contributed by atoms with van der Waals surface area (Å²) in [7, 11) is 0. The van der Waals surface area contributed by atoms with Crippen LogP contribution >= 0.6 is 24.0 Å². The molecule has 0 radical (unpaired) electrons. The van der Waals surface area contributed by atoms with Crippen LogP contribution in [0.4, 0.5) is 0 Å². The van der Waals surface area contributed by atoms with Gasteiger partial charge in [-0.05, 0) is 12.3 Å². The fraction of sp³-hybridized carbons (Fsp3) is 0.833. The van der Waals surface area contributed by atoms with Crippen molar-refractivity contribution in [3.05, 3.63) is 0 Å². The van der Waals surface area contributed by atoms with Gasteiger partial charge in [0.1, 0.15) is 0 Å². The molecule has 0 aliphatic heterocycles. The first kappa shape index (κ1) is 12.0. The fourth-order valence-corrected chi connectivity index (χ4v) is 0.642. The van der Waals surface area contributed by atoms with Crippen molar-refractivity contribution in [3.63, 3.8) is 0 Å². The van der Waals surface area contributed by atoms with Crippen LogP contribution in [0, 0.1) is 11.3 Å². The van der Waals surface area contributed by atoms with Gasteiger partial charge in [0.15, 0.2) is 0 Å². The zero-order valence-corrected chi connectivity index (χ0v) is 7.35. The Morgan fingerprint density at radius 1 is 1.67 bits per heavy atom. The summed E-state index contributed by atoms with van der Waals surface area (Å²) in [5.74, 6) is 0.752. The molecule has 0 heterocycles. The van der Waals surface area contributed by atoms with Gasteiger partial charge in [-0.3, -0.25) is 0 Å². The van der Waals surface area contributed by atoms with E-state index in [1.807, 2.05) is 6.92 Å². The van der Waals surface area contributed by atoms with Crippen LogP contribution in [0.1, 0.15) is 20.3 Å². The Hall–Kier alpha value is 0.250. The number of rotatable bonds is 3. The molecule has 0 fully saturated rings. The van der Waals surface area contributed by atoms with Gasteiger partial charge < -0.3 is 5.41 Å². The summed E-state index contributed by atoms with van der Waals surface area (Å²) in [6.07, 6.45) is 1.02. The molecule has 56 valence electrons. The highest BCUT2D eigenvalue weighted by atomic mass is 35.5. The maximum absolute atomic E-state index is 7.21. The van der Waals surface area contributed by atoms with E-state index >= 15 is 0 Å². The third-order valence-corrected chi connectivity index (χ3v) is 1.64. The first-order valence-electron chi connectivity index (χ1n) is 2.85. The van der Waals surface area contributed by atoms with Crippen molar-refractivity contribution in [1.82, 2.24) is 0 Å². The smallest absolute Gasteiger partial charge is 0.0603 e. The standard InChI is InChI=1S/C6H12ClN.ClH/c1-3-5(2)6(8)4-7;/h5,8H,3-4H2,1-2H3;1H. The molecule has 0 aromatic rings. The molecular formula is C6H13Cl2N. The first-order valence-corrected chi connectivity index (χ1v) is 3.39. The second kappa shape index (κ2) is 6.37. The maximum atomic E-state index is 7.21. The van der Waals surface area contributed by atoms with Crippen molar-refractivity contribution in [1.29, 1.82) is 5.41 Å². The molecule has 0 amide bonds. The van der Waals surface area contributed by atoms with Crippen molar-refractivity contribution >= 4 is 29.7 Å². The molecule has 0 rings (SSSR count). The molecule has 3 heteroatoms. The van der Waals surface area contributed by atoms with E-state index in [0.717, 1.165) is 6.42 Å². The summed E-state index contributed by atoms with van der Waals surface area (Å²) in [5.41, 5.74) is 0.647. The van der Waals surface area contributed by atoms with Crippen molar-refractivity contribution in [2.75, 3.05) is 5.88 Å². The zero-order chi connectivity index (χ0) is 6.57. The predicted octanol–water partition coefficient (Wildman–Crippen LogP) is 2.71.